The molecule has 3 aromatic rings. The number of piperazine rings is 1. The molecule has 2 N–H and O–H groups in total. The highest BCUT2D eigenvalue weighted by atomic mass is 35.5. The first-order chi connectivity index (χ1) is 21.5. The standard InChI is InChI=1S/C34H38ClN5O4/c35-26-11-9-24(10-12-26)23-29(37-32(41)31-27-6-2-1-5-25(27)13-14-36-31)34(43)39-17-15-38(16-18-39)30-8-4-3-7-28(30)33(42)40-19-21-44-22-20-40/h1-12,29,31,36H,13-23H2,(H,37,41)/t29-,31?/m1/s1. The van der Waals surface area contributed by atoms with E-state index in [1.54, 1.807) is 12.1 Å². The fraction of sp³-hybridized carbons (Fsp3) is 0.382. The lowest BCUT2D eigenvalue weighted by Crippen LogP contribution is -2.57. The molecule has 9 nitrogen and oxygen atoms in total. The van der Waals surface area contributed by atoms with E-state index >= 15 is 0 Å². The number of amides is 3. The van der Waals surface area contributed by atoms with Gasteiger partial charge < -0.3 is 30.1 Å². The number of fused-ring (bicyclic) bond motifs is 1. The minimum absolute atomic E-state index is 0.00560. The fourth-order valence-corrected chi connectivity index (χ4v) is 6.43. The molecule has 2 saturated heterocycles. The van der Waals surface area contributed by atoms with Crippen LogP contribution >= 0.6 is 11.6 Å². The average Bonchev–Trinajstić information content (AvgIpc) is 3.08. The van der Waals surface area contributed by atoms with E-state index in [2.05, 4.69) is 21.6 Å². The number of anilines is 1. The first kappa shape index (κ1) is 30.1. The maximum Gasteiger partial charge on any atom is 0.256 e. The van der Waals surface area contributed by atoms with Crippen molar-refractivity contribution in [1.29, 1.82) is 0 Å². The molecule has 1 unspecified atom stereocenters. The predicted octanol–water partition coefficient (Wildman–Crippen LogP) is 3.08. The molecule has 3 aliphatic rings. The van der Waals surface area contributed by atoms with Crippen LogP contribution in [0, 0.1) is 0 Å². The van der Waals surface area contributed by atoms with Crippen molar-refractivity contribution in [3.63, 3.8) is 0 Å². The van der Waals surface area contributed by atoms with Gasteiger partial charge in [0.1, 0.15) is 12.1 Å². The van der Waals surface area contributed by atoms with Crippen LogP contribution in [0.25, 0.3) is 0 Å². The predicted molar refractivity (Wildman–Crippen MR) is 170 cm³/mol. The van der Waals surface area contributed by atoms with Crippen molar-refractivity contribution < 1.29 is 19.1 Å². The van der Waals surface area contributed by atoms with Crippen molar-refractivity contribution in [2.75, 3.05) is 63.9 Å². The highest BCUT2D eigenvalue weighted by Gasteiger charge is 2.33. The van der Waals surface area contributed by atoms with Crippen molar-refractivity contribution in [1.82, 2.24) is 20.4 Å². The zero-order valence-electron chi connectivity index (χ0n) is 24.7. The fourth-order valence-electron chi connectivity index (χ4n) is 6.31. The van der Waals surface area contributed by atoms with Crippen molar-refractivity contribution >= 4 is 35.0 Å². The van der Waals surface area contributed by atoms with Gasteiger partial charge in [0.25, 0.3) is 5.91 Å². The molecule has 0 aromatic heterocycles. The van der Waals surface area contributed by atoms with Gasteiger partial charge in [0.15, 0.2) is 0 Å². The van der Waals surface area contributed by atoms with Gasteiger partial charge in [-0.1, -0.05) is 60.1 Å². The number of ether oxygens (including phenoxy) is 1. The first-order valence-corrected chi connectivity index (χ1v) is 15.7. The van der Waals surface area contributed by atoms with Crippen LogP contribution in [0.5, 0.6) is 0 Å². The van der Waals surface area contributed by atoms with E-state index in [4.69, 9.17) is 16.3 Å². The highest BCUT2D eigenvalue weighted by Crippen LogP contribution is 2.26. The molecule has 2 atom stereocenters. The van der Waals surface area contributed by atoms with E-state index in [0.29, 0.717) is 76.0 Å². The minimum atomic E-state index is -0.735. The van der Waals surface area contributed by atoms with Crippen molar-refractivity contribution in [3.05, 3.63) is 100 Å². The summed E-state index contributed by atoms with van der Waals surface area (Å²) < 4.78 is 5.43. The van der Waals surface area contributed by atoms with Crippen LogP contribution in [0.1, 0.15) is 33.1 Å². The SMILES string of the molecule is O=C(N[C@H](Cc1ccc(Cl)cc1)C(=O)N1CCN(c2ccccc2C(=O)N2CCOCC2)CC1)C1NCCc2ccccc21. The molecule has 3 amide bonds. The van der Waals surface area contributed by atoms with Gasteiger partial charge in [-0.05, 0) is 47.4 Å². The molecule has 3 aliphatic heterocycles. The number of nitrogens with zero attached hydrogens (tertiary/aromatic N) is 3. The van der Waals surface area contributed by atoms with E-state index in [0.717, 1.165) is 28.8 Å². The van der Waals surface area contributed by atoms with Crippen molar-refractivity contribution in [2.45, 2.75) is 24.9 Å². The number of nitrogens with one attached hydrogen (secondary N) is 2. The van der Waals surface area contributed by atoms with E-state index in [1.165, 1.54) is 0 Å². The van der Waals surface area contributed by atoms with Gasteiger partial charge in [-0.3, -0.25) is 14.4 Å². The molecule has 0 radical (unpaired) electrons. The molecule has 2 fully saturated rings. The Morgan fingerprint density at radius 3 is 2.34 bits per heavy atom. The molecule has 0 spiro atoms. The summed E-state index contributed by atoms with van der Waals surface area (Å²) in [6.45, 7) is 5.08. The number of morpholine rings is 1. The van der Waals surface area contributed by atoms with Crippen LogP contribution in [0.3, 0.4) is 0 Å². The number of benzene rings is 3. The molecule has 0 bridgehead atoms. The maximum absolute atomic E-state index is 14.0. The largest absolute Gasteiger partial charge is 0.378 e. The Balaban J connectivity index is 1.16. The Hall–Kier alpha value is -3.92. The smallest absolute Gasteiger partial charge is 0.256 e. The number of rotatable bonds is 7. The molecule has 0 saturated carbocycles. The van der Waals surface area contributed by atoms with E-state index in [1.807, 2.05) is 64.4 Å². The number of hydrogen-bond donors (Lipinski definition) is 2. The second kappa shape index (κ2) is 13.8. The van der Waals surface area contributed by atoms with Gasteiger partial charge >= 0.3 is 0 Å². The summed E-state index contributed by atoms with van der Waals surface area (Å²) in [6, 6.07) is 21.8. The van der Waals surface area contributed by atoms with Crippen LogP contribution in [-0.2, 0) is 27.2 Å². The molecule has 230 valence electrons. The van der Waals surface area contributed by atoms with Gasteiger partial charge in [-0.15, -0.1) is 0 Å². The van der Waals surface area contributed by atoms with E-state index in [9.17, 15) is 14.4 Å². The van der Waals surface area contributed by atoms with Gasteiger partial charge in [0.2, 0.25) is 11.8 Å². The average molecular weight is 616 g/mol. The number of carbonyl (C=O) groups is 3. The molecule has 3 heterocycles. The quantitative estimate of drug-likeness (QED) is 0.424. The summed E-state index contributed by atoms with van der Waals surface area (Å²) in [5.74, 6) is -0.320. The molecular weight excluding hydrogens is 578 g/mol. The highest BCUT2D eigenvalue weighted by molar-refractivity contribution is 6.30. The Bertz CT molecular complexity index is 1480. The summed E-state index contributed by atoms with van der Waals surface area (Å²) in [6.07, 6.45) is 1.21. The van der Waals surface area contributed by atoms with Gasteiger partial charge in [0.05, 0.1) is 18.8 Å². The molecular formula is C34H38ClN5O4. The lowest BCUT2D eigenvalue weighted by atomic mass is 9.93. The topological polar surface area (TPSA) is 94.2 Å². The lowest BCUT2D eigenvalue weighted by Gasteiger charge is -2.39. The normalized spacial score (nSPS) is 19.2. The number of carbonyl (C=O) groups excluding carboxylic acids is 3. The monoisotopic (exact) mass is 615 g/mol. The summed E-state index contributed by atoms with van der Waals surface area (Å²) >= 11 is 6.12. The van der Waals surface area contributed by atoms with Gasteiger partial charge in [-0.25, -0.2) is 0 Å². The third kappa shape index (κ3) is 6.75. The molecule has 3 aromatic carbocycles. The van der Waals surface area contributed by atoms with Crippen molar-refractivity contribution in [3.8, 4) is 0 Å². The Morgan fingerprint density at radius 2 is 1.57 bits per heavy atom. The summed E-state index contributed by atoms with van der Waals surface area (Å²) in [4.78, 5) is 46.9. The molecule has 10 heteroatoms. The Morgan fingerprint density at radius 1 is 0.864 bits per heavy atom. The third-order valence-corrected chi connectivity index (χ3v) is 8.96. The van der Waals surface area contributed by atoms with Crippen LogP contribution < -0.4 is 15.5 Å². The molecule has 6 rings (SSSR count). The number of para-hydroxylation sites is 1. The van der Waals surface area contributed by atoms with Crippen LogP contribution in [0.2, 0.25) is 5.02 Å². The third-order valence-electron chi connectivity index (χ3n) is 8.70. The Labute approximate surface area is 263 Å². The van der Waals surface area contributed by atoms with Gasteiger partial charge in [0, 0.05) is 62.9 Å². The molecule has 44 heavy (non-hydrogen) atoms. The molecule has 0 aliphatic carbocycles. The van der Waals surface area contributed by atoms with Crippen molar-refractivity contribution in [2.24, 2.45) is 0 Å². The summed E-state index contributed by atoms with van der Waals surface area (Å²) in [7, 11) is 0. The number of halogens is 1. The van der Waals surface area contributed by atoms with Crippen LogP contribution in [0.4, 0.5) is 5.69 Å². The number of hydrogen-bond acceptors (Lipinski definition) is 6. The summed E-state index contributed by atoms with van der Waals surface area (Å²) in [5.41, 5.74) is 4.56. The maximum atomic E-state index is 14.0. The zero-order chi connectivity index (χ0) is 30.5. The van der Waals surface area contributed by atoms with E-state index < -0.39 is 12.1 Å². The second-order valence-electron chi connectivity index (χ2n) is 11.5. The van der Waals surface area contributed by atoms with Crippen LogP contribution in [0.15, 0.2) is 72.8 Å². The second-order valence-corrected chi connectivity index (χ2v) is 11.9. The van der Waals surface area contributed by atoms with Crippen LogP contribution in [-0.4, -0.2) is 92.6 Å². The lowest BCUT2D eigenvalue weighted by molar-refractivity contribution is -0.137. The first-order valence-electron chi connectivity index (χ1n) is 15.3. The van der Waals surface area contributed by atoms with Gasteiger partial charge in [-0.2, -0.15) is 0 Å². The van der Waals surface area contributed by atoms with E-state index in [-0.39, 0.29) is 17.7 Å². The Kier molecular flexibility index (Phi) is 9.45. The summed E-state index contributed by atoms with van der Waals surface area (Å²) in [5, 5.41) is 7.04. The minimum Gasteiger partial charge on any atom is -0.378 e. The zero-order valence-corrected chi connectivity index (χ0v) is 25.5.